The Morgan fingerprint density at radius 2 is 1.20 bits per heavy atom. The summed E-state index contributed by atoms with van der Waals surface area (Å²) < 4.78 is 11.0. The number of benzene rings is 2. The van der Waals surface area contributed by atoms with Gasteiger partial charge < -0.3 is 0 Å². The van der Waals surface area contributed by atoms with Crippen LogP contribution in [0.2, 0.25) is 0 Å². The van der Waals surface area contributed by atoms with Crippen molar-refractivity contribution in [2.45, 2.75) is 0 Å². The van der Waals surface area contributed by atoms with Crippen molar-refractivity contribution in [2.24, 2.45) is 0 Å². The van der Waals surface area contributed by atoms with Crippen molar-refractivity contribution in [3.05, 3.63) is 48.5 Å². The molecule has 1 heterocycles. The average molecular weight is 203 g/mol. The van der Waals surface area contributed by atoms with Crippen LogP contribution in [0.15, 0.2) is 48.5 Å². The van der Waals surface area contributed by atoms with Crippen LogP contribution >= 0.6 is 0 Å². The second-order valence-electron chi connectivity index (χ2n) is 3.26. The number of amides is 1. The van der Waals surface area contributed by atoms with Gasteiger partial charge in [-0.05, 0) is 10.8 Å². The Kier molecular flexibility index (Phi) is 2.63. The minimum Gasteiger partial charge on any atom is -0.270 e. The van der Waals surface area contributed by atoms with Gasteiger partial charge in [-0.2, -0.15) is 5.12 Å². The first kappa shape index (κ1) is 9.65. The summed E-state index contributed by atoms with van der Waals surface area (Å²) in [6, 6.07) is 16.7. The molecule has 0 atom stereocenters. The highest BCUT2D eigenvalue weighted by atomic mass is 19.2. The van der Waals surface area contributed by atoms with E-state index in [1.807, 2.05) is 0 Å². The van der Waals surface area contributed by atoms with Gasteiger partial charge in [-0.1, -0.05) is 53.0 Å². The molecule has 0 N–H and O–H groups in total. The van der Waals surface area contributed by atoms with Crippen LogP contribution in [-0.2, 0) is 4.79 Å². The lowest BCUT2D eigenvalue weighted by molar-refractivity contribution is -0.118. The fourth-order valence-electron chi connectivity index (χ4n) is 1.22. The zero-order valence-electron chi connectivity index (χ0n) is 8.06. The summed E-state index contributed by atoms with van der Waals surface area (Å²) in [5.41, 5.74) is 0. The smallest absolute Gasteiger partial charge is 0.270 e. The molecule has 3 heteroatoms. The van der Waals surface area contributed by atoms with Crippen molar-refractivity contribution in [3.8, 4) is 0 Å². The highest BCUT2D eigenvalue weighted by Crippen LogP contribution is 2.11. The summed E-state index contributed by atoms with van der Waals surface area (Å²) in [7, 11) is 0. The number of nitrogens with zero attached hydrogens (tertiary/aromatic N) is 1. The molecule has 0 aliphatic carbocycles. The molecule has 76 valence electrons. The molecule has 2 aromatic rings. The zero-order chi connectivity index (χ0) is 10.7. The normalized spacial score (nSPS) is 13.4. The maximum absolute atomic E-state index is 11.0. The molecule has 1 aliphatic heterocycles. The van der Waals surface area contributed by atoms with E-state index in [-0.39, 0.29) is 11.7 Å². The monoisotopic (exact) mass is 203 g/mol. The van der Waals surface area contributed by atoms with Gasteiger partial charge in [-0.3, -0.25) is 4.79 Å². The van der Waals surface area contributed by atoms with Crippen LogP contribution in [0.4, 0.5) is 4.48 Å². The number of halogens is 1. The number of carbonyl (C=O) groups is 1. The van der Waals surface area contributed by atoms with Gasteiger partial charge in [0.15, 0.2) is 0 Å². The molecule has 1 aliphatic rings. The van der Waals surface area contributed by atoms with E-state index in [0.717, 1.165) is 0 Å². The second kappa shape index (κ2) is 4.09. The van der Waals surface area contributed by atoms with E-state index >= 15 is 0 Å². The summed E-state index contributed by atoms with van der Waals surface area (Å²) in [4.78, 5) is 9.44. The summed E-state index contributed by atoms with van der Waals surface area (Å²) in [5.74, 6) is -0.412. The van der Waals surface area contributed by atoms with Crippen molar-refractivity contribution >= 4 is 16.7 Å². The third-order valence-electron chi connectivity index (χ3n) is 2.10. The summed E-state index contributed by atoms with van der Waals surface area (Å²) in [6.45, 7) is 0. The van der Waals surface area contributed by atoms with Crippen LogP contribution in [0.1, 0.15) is 0 Å². The van der Waals surface area contributed by atoms with E-state index in [4.69, 9.17) is 0 Å². The van der Waals surface area contributed by atoms with Crippen LogP contribution in [0.25, 0.3) is 10.8 Å². The van der Waals surface area contributed by atoms with Gasteiger partial charge >= 0.3 is 0 Å². The summed E-state index contributed by atoms with van der Waals surface area (Å²) in [5, 5.41) is 2.77. The molecule has 0 bridgehead atoms. The Morgan fingerprint density at radius 3 is 1.40 bits per heavy atom. The minimum atomic E-state index is -0.412. The highest BCUT2D eigenvalue weighted by Gasteiger charge is 2.29. The quantitative estimate of drug-likeness (QED) is 0.476. The third-order valence-corrected chi connectivity index (χ3v) is 2.10. The Labute approximate surface area is 86.9 Å². The fraction of sp³-hybridized carbons (Fsp3) is 0.0833. The van der Waals surface area contributed by atoms with Crippen LogP contribution < -0.4 is 0 Å². The lowest BCUT2D eigenvalue weighted by Crippen LogP contribution is -1.71. The topological polar surface area (TPSA) is 20.1 Å². The van der Waals surface area contributed by atoms with Crippen LogP contribution in [0, 0.1) is 0 Å². The lowest BCUT2D eigenvalue weighted by Gasteiger charge is -1.92. The first-order valence-corrected chi connectivity index (χ1v) is 4.67. The maximum Gasteiger partial charge on any atom is 0.273 e. The van der Waals surface area contributed by atoms with Gasteiger partial charge in [0.1, 0.15) is 6.54 Å². The molecule has 0 saturated carbocycles. The highest BCUT2D eigenvalue weighted by molar-refractivity contribution is 5.90. The molecule has 0 spiro atoms. The molecule has 1 fully saturated rings. The van der Waals surface area contributed by atoms with Crippen molar-refractivity contribution in [1.82, 2.24) is 5.12 Å². The first-order valence-electron chi connectivity index (χ1n) is 4.67. The predicted octanol–water partition coefficient (Wildman–Crippen LogP) is 2.55. The van der Waals surface area contributed by atoms with Gasteiger partial charge in [0.05, 0.1) is 0 Å². The van der Waals surface area contributed by atoms with Crippen LogP contribution in [0.3, 0.4) is 0 Å². The largest absolute Gasteiger partial charge is 0.273 e. The van der Waals surface area contributed by atoms with Crippen LogP contribution in [0.5, 0.6) is 0 Å². The van der Waals surface area contributed by atoms with Crippen molar-refractivity contribution in [1.29, 1.82) is 0 Å². The van der Waals surface area contributed by atoms with Gasteiger partial charge in [-0.25, -0.2) is 0 Å². The summed E-state index contributed by atoms with van der Waals surface area (Å²) in [6.07, 6.45) is 0. The molecular weight excluding hydrogens is 193 g/mol. The van der Waals surface area contributed by atoms with Crippen molar-refractivity contribution < 1.29 is 9.28 Å². The Balaban J connectivity index is 0.000000144. The molecule has 15 heavy (non-hydrogen) atoms. The van der Waals surface area contributed by atoms with Gasteiger partial charge in [0.25, 0.3) is 5.91 Å². The SMILES string of the molecule is O=C1CN1F.c1ccc2ccccc2c1. The number of hydrogen-bond acceptors (Lipinski definition) is 1. The molecule has 3 rings (SSSR count). The van der Waals surface area contributed by atoms with Crippen LogP contribution in [-0.4, -0.2) is 17.6 Å². The third kappa shape index (κ3) is 2.53. The van der Waals surface area contributed by atoms with Gasteiger partial charge in [-0.15, -0.1) is 0 Å². The van der Waals surface area contributed by atoms with E-state index in [2.05, 4.69) is 48.5 Å². The number of hydrogen-bond donors (Lipinski definition) is 0. The predicted molar refractivity (Wildman–Crippen MR) is 56.8 cm³/mol. The molecule has 0 radical (unpaired) electrons. The summed E-state index contributed by atoms with van der Waals surface area (Å²) >= 11 is 0. The molecule has 0 unspecified atom stereocenters. The fourth-order valence-corrected chi connectivity index (χ4v) is 1.22. The zero-order valence-corrected chi connectivity index (χ0v) is 8.06. The Hall–Kier alpha value is -1.90. The second-order valence-corrected chi connectivity index (χ2v) is 3.26. The van der Waals surface area contributed by atoms with Crippen molar-refractivity contribution in [3.63, 3.8) is 0 Å². The average Bonchev–Trinajstić information content (AvgIpc) is 2.93. The molecule has 1 saturated heterocycles. The standard InChI is InChI=1S/C10H8.C2H2FNO/c1-2-6-10-8-4-3-7-9(10)5-1;3-4-1-2(4)5/h1-8H;1H2. The first-order chi connectivity index (χ1) is 7.27. The van der Waals surface area contributed by atoms with E-state index in [9.17, 15) is 9.28 Å². The Morgan fingerprint density at radius 1 is 0.933 bits per heavy atom. The van der Waals surface area contributed by atoms with Crippen molar-refractivity contribution in [2.75, 3.05) is 6.54 Å². The lowest BCUT2D eigenvalue weighted by atomic mass is 10.1. The number of fused-ring (bicyclic) bond motifs is 1. The van der Waals surface area contributed by atoms with Gasteiger partial charge in [0, 0.05) is 0 Å². The molecule has 2 nitrogen and oxygen atoms in total. The molecule has 2 aromatic carbocycles. The minimum absolute atomic E-state index is 0. The number of carbonyl (C=O) groups excluding carboxylic acids is 1. The molecular formula is C12H10FNO. The van der Waals surface area contributed by atoms with Gasteiger partial charge in [0.2, 0.25) is 0 Å². The molecule has 1 amide bonds. The van der Waals surface area contributed by atoms with E-state index in [0.29, 0.717) is 0 Å². The Bertz CT molecular complexity index is 418. The van der Waals surface area contributed by atoms with E-state index < -0.39 is 5.91 Å². The van der Waals surface area contributed by atoms with E-state index in [1.54, 1.807) is 0 Å². The number of rotatable bonds is 0. The van der Waals surface area contributed by atoms with E-state index in [1.165, 1.54) is 10.8 Å². The maximum atomic E-state index is 11.0. The molecule has 0 aromatic heterocycles.